The van der Waals surface area contributed by atoms with Crippen LogP contribution in [0.5, 0.6) is 0 Å². The molecule has 1 aliphatic heterocycles. The molecule has 3 rings (SSSR count). The molecule has 8 heteroatoms. The average Bonchev–Trinajstić information content (AvgIpc) is 3.38. The first-order valence-electron chi connectivity index (χ1n) is 10.0. The van der Waals surface area contributed by atoms with E-state index in [0.29, 0.717) is 16.3 Å². The van der Waals surface area contributed by atoms with Crippen molar-refractivity contribution in [2.24, 2.45) is 17.8 Å². The molecule has 1 N–H and O–H groups in total. The topological polar surface area (TPSA) is 64.6 Å². The normalized spacial score (nSPS) is 30.2. The highest BCUT2D eigenvalue weighted by Crippen LogP contribution is 2.62. The Hall–Kier alpha value is -0.470. The summed E-state index contributed by atoms with van der Waals surface area (Å²) < 4.78 is 10.6. The largest absolute Gasteiger partial charge is 0.460 e. The third-order valence-electron chi connectivity index (χ3n) is 5.93. The van der Waals surface area contributed by atoms with Gasteiger partial charge in [0, 0.05) is 28.1 Å². The van der Waals surface area contributed by atoms with Gasteiger partial charge in [0.15, 0.2) is 0 Å². The van der Waals surface area contributed by atoms with E-state index in [2.05, 4.69) is 42.3 Å². The van der Waals surface area contributed by atoms with Gasteiger partial charge in [-0.05, 0) is 50.9 Å². The van der Waals surface area contributed by atoms with Crippen LogP contribution < -0.4 is 5.32 Å². The molecule has 0 radical (unpaired) electrons. The van der Waals surface area contributed by atoms with E-state index in [-0.39, 0.29) is 13.2 Å². The number of esters is 1. The van der Waals surface area contributed by atoms with Crippen molar-refractivity contribution < 1.29 is 19.1 Å². The van der Waals surface area contributed by atoms with Crippen LogP contribution in [0.1, 0.15) is 33.1 Å². The first-order valence-corrected chi connectivity index (χ1v) is 13.0. The van der Waals surface area contributed by atoms with Crippen LogP contribution in [-0.2, 0) is 14.3 Å². The van der Waals surface area contributed by atoms with Crippen molar-refractivity contribution in [2.45, 2.75) is 42.4 Å². The highest BCUT2D eigenvalue weighted by atomic mass is 32.2. The fraction of sp³-hybridized carbons (Fsp3) is 0.800. The lowest BCUT2D eigenvalue weighted by molar-refractivity contribution is -0.138. The van der Waals surface area contributed by atoms with Gasteiger partial charge in [0.1, 0.15) is 13.2 Å². The Morgan fingerprint density at radius 3 is 2.54 bits per heavy atom. The van der Waals surface area contributed by atoms with Gasteiger partial charge in [-0.2, -0.15) is 11.8 Å². The standard InChI is InChI=1S/C20H31NO4S3/c1-13(2)18(22)24-5-4-21-19(23)25-6-7-26-17-12-14-10-15(17)11-16(14)20(3)27-8-9-28-20/h14-17H,1,4-12H2,2-3H3,(H,21,23). The lowest BCUT2D eigenvalue weighted by Gasteiger charge is -2.37. The molecule has 1 amide bonds. The van der Waals surface area contributed by atoms with Crippen LogP contribution in [0.2, 0.25) is 0 Å². The molecular weight excluding hydrogens is 414 g/mol. The maximum Gasteiger partial charge on any atom is 0.407 e. The molecule has 0 aromatic rings. The summed E-state index contributed by atoms with van der Waals surface area (Å²) in [6.07, 6.45) is 3.65. The van der Waals surface area contributed by atoms with E-state index in [9.17, 15) is 9.59 Å². The van der Waals surface area contributed by atoms with Crippen LogP contribution >= 0.6 is 35.3 Å². The molecule has 5 nitrogen and oxygen atoms in total. The molecule has 3 fully saturated rings. The van der Waals surface area contributed by atoms with Gasteiger partial charge in [-0.25, -0.2) is 9.59 Å². The van der Waals surface area contributed by atoms with Crippen molar-refractivity contribution >= 4 is 47.3 Å². The zero-order chi connectivity index (χ0) is 20.1. The molecule has 1 heterocycles. The van der Waals surface area contributed by atoms with Crippen LogP contribution in [0.25, 0.3) is 0 Å². The second-order valence-electron chi connectivity index (χ2n) is 7.93. The van der Waals surface area contributed by atoms with Gasteiger partial charge < -0.3 is 14.8 Å². The lowest BCUT2D eigenvalue weighted by Crippen LogP contribution is -2.33. The van der Waals surface area contributed by atoms with E-state index >= 15 is 0 Å². The third-order valence-corrected chi connectivity index (χ3v) is 10.9. The smallest absolute Gasteiger partial charge is 0.407 e. The summed E-state index contributed by atoms with van der Waals surface area (Å²) in [7, 11) is 0. The first kappa shape index (κ1) is 22.2. The fourth-order valence-corrected chi connectivity index (χ4v) is 9.29. The minimum atomic E-state index is -0.455. The minimum Gasteiger partial charge on any atom is -0.460 e. The van der Waals surface area contributed by atoms with Gasteiger partial charge in [0.05, 0.1) is 10.6 Å². The summed E-state index contributed by atoms with van der Waals surface area (Å²) in [5.41, 5.74) is 0.349. The second-order valence-corrected chi connectivity index (χ2v) is 12.6. The van der Waals surface area contributed by atoms with Crippen LogP contribution in [0.4, 0.5) is 4.79 Å². The number of carbonyl (C=O) groups is 2. The zero-order valence-corrected chi connectivity index (χ0v) is 19.2. The number of rotatable bonds is 9. The average molecular weight is 446 g/mol. The molecule has 0 aromatic carbocycles. The molecule has 28 heavy (non-hydrogen) atoms. The van der Waals surface area contributed by atoms with Crippen LogP contribution in [0.15, 0.2) is 12.2 Å². The number of alkyl carbamates (subject to hydrolysis) is 1. The first-order chi connectivity index (χ1) is 13.4. The van der Waals surface area contributed by atoms with E-state index in [1.165, 1.54) is 30.8 Å². The highest BCUT2D eigenvalue weighted by molar-refractivity contribution is 8.21. The number of thioether (sulfide) groups is 3. The van der Waals surface area contributed by atoms with E-state index in [1.807, 2.05) is 11.8 Å². The third kappa shape index (κ3) is 5.57. The van der Waals surface area contributed by atoms with Crippen molar-refractivity contribution in [3.05, 3.63) is 12.2 Å². The van der Waals surface area contributed by atoms with Crippen molar-refractivity contribution in [3.63, 3.8) is 0 Å². The molecule has 158 valence electrons. The van der Waals surface area contributed by atoms with E-state index in [0.717, 1.165) is 28.8 Å². The second kappa shape index (κ2) is 10.0. The Bertz CT molecular complexity index is 594. The predicted molar refractivity (Wildman–Crippen MR) is 119 cm³/mol. The molecule has 4 unspecified atom stereocenters. The number of amides is 1. The molecule has 0 spiro atoms. The predicted octanol–water partition coefficient (Wildman–Crippen LogP) is 4.18. The van der Waals surface area contributed by atoms with Gasteiger partial charge >= 0.3 is 12.1 Å². The molecule has 3 aliphatic rings. The van der Waals surface area contributed by atoms with Crippen molar-refractivity contribution in [1.82, 2.24) is 5.32 Å². The molecule has 2 bridgehead atoms. The maximum atomic E-state index is 11.7. The van der Waals surface area contributed by atoms with E-state index in [4.69, 9.17) is 9.47 Å². The summed E-state index contributed by atoms with van der Waals surface area (Å²) in [5.74, 6) is 5.63. The Labute approximate surface area is 180 Å². The summed E-state index contributed by atoms with van der Waals surface area (Å²) in [5, 5.41) is 3.32. The molecule has 2 saturated carbocycles. The monoisotopic (exact) mass is 445 g/mol. The SMILES string of the molecule is C=C(C)C(=O)OCCNC(=O)OCCSC1CC2CC1CC2C1(C)SCCS1. The van der Waals surface area contributed by atoms with Crippen molar-refractivity contribution in [1.29, 1.82) is 0 Å². The van der Waals surface area contributed by atoms with Gasteiger partial charge in [0.25, 0.3) is 0 Å². The zero-order valence-electron chi connectivity index (χ0n) is 16.7. The van der Waals surface area contributed by atoms with Crippen LogP contribution in [0, 0.1) is 17.8 Å². The number of nitrogens with one attached hydrogen (secondary N) is 1. The number of fused-ring (bicyclic) bond motifs is 2. The Kier molecular flexibility index (Phi) is 7.96. The molecule has 4 atom stereocenters. The Morgan fingerprint density at radius 2 is 1.89 bits per heavy atom. The fourth-order valence-electron chi connectivity index (χ4n) is 4.62. The summed E-state index contributed by atoms with van der Waals surface area (Å²) in [6.45, 7) is 8.34. The van der Waals surface area contributed by atoms with Crippen LogP contribution in [0.3, 0.4) is 0 Å². The Morgan fingerprint density at radius 1 is 1.14 bits per heavy atom. The number of carbonyl (C=O) groups excluding carboxylic acids is 2. The number of hydrogen-bond donors (Lipinski definition) is 1. The highest BCUT2D eigenvalue weighted by Gasteiger charge is 2.53. The molecule has 2 aliphatic carbocycles. The van der Waals surface area contributed by atoms with E-state index in [1.54, 1.807) is 6.92 Å². The summed E-state index contributed by atoms with van der Waals surface area (Å²) in [4.78, 5) is 22.9. The maximum absolute atomic E-state index is 11.7. The van der Waals surface area contributed by atoms with Crippen molar-refractivity contribution in [3.8, 4) is 0 Å². The molecule has 0 aromatic heterocycles. The number of ether oxygens (including phenoxy) is 2. The molecular formula is C20H31NO4S3. The van der Waals surface area contributed by atoms with Crippen molar-refractivity contribution in [2.75, 3.05) is 37.0 Å². The van der Waals surface area contributed by atoms with Crippen LogP contribution in [-0.4, -0.2) is 58.4 Å². The van der Waals surface area contributed by atoms with E-state index < -0.39 is 12.1 Å². The number of hydrogen-bond acceptors (Lipinski definition) is 7. The Balaban J connectivity index is 1.24. The van der Waals surface area contributed by atoms with Gasteiger partial charge in [0.2, 0.25) is 0 Å². The minimum absolute atomic E-state index is 0.122. The molecule has 1 saturated heterocycles. The van der Waals surface area contributed by atoms with Gasteiger partial charge in [-0.15, -0.1) is 23.5 Å². The summed E-state index contributed by atoms with van der Waals surface area (Å²) >= 11 is 6.33. The van der Waals surface area contributed by atoms with Gasteiger partial charge in [-0.1, -0.05) is 6.58 Å². The van der Waals surface area contributed by atoms with Gasteiger partial charge in [-0.3, -0.25) is 0 Å². The quantitative estimate of drug-likeness (QED) is 0.324. The summed E-state index contributed by atoms with van der Waals surface area (Å²) in [6, 6.07) is 0. The lowest BCUT2D eigenvalue weighted by atomic mass is 9.86.